The smallest absolute Gasteiger partial charge is 0.131 e. The van der Waals surface area contributed by atoms with Crippen molar-refractivity contribution in [2.24, 2.45) is 0 Å². The van der Waals surface area contributed by atoms with Crippen LogP contribution in [0.1, 0.15) is 76.7 Å². The van der Waals surface area contributed by atoms with Crippen LogP contribution < -0.4 is 4.74 Å². The lowest BCUT2D eigenvalue weighted by Crippen LogP contribution is -2.27. The van der Waals surface area contributed by atoms with Crippen molar-refractivity contribution < 1.29 is 9.47 Å². The summed E-state index contributed by atoms with van der Waals surface area (Å²) >= 11 is 0. The molecule has 0 aliphatic carbocycles. The highest BCUT2D eigenvalue weighted by Crippen LogP contribution is 2.42. The van der Waals surface area contributed by atoms with Crippen LogP contribution in [0, 0.1) is 0 Å². The minimum absolute atomic E-state index is 0.0359. The largest absolute Gasteiger partial charge is 0.493 e. The molecule has 0 saturated carbocycles. The zero-order valence-corrected chi connectivity index (χ0v) is 16.8. The lowest BCUT2D eigenvalue weighted by molar-refractivity contribution is -0.0393. The van der Waals surface area contributed by atoms with Crippen molar-refractivity contribution in [3.8, 4) is 5.75 Å². The molecule has 2 heterocycles. The van der Waals surface area contributed by atoms with Crippen molar-refractivity contribution in [3.63, 3.8) is 0 Å². The molecule has 3 rings (SSSR count). The van der Waals surface area contributed by atoms with Crippen LogP contribution in [-0.2, 0) is 22.4 Å². The van der Waals surface area contributed by atoms with E-state index in [1.807, 2.05) is 30.3 Å². The van der Waals surface area contributed by atoms with Gasteiger partial charge in [-0.1, -0.05) is 52.8 Å². The number of fused-ring (bicyclic) bond motifs is 1. The van der Waals surface area contributed by atoms with Crippen LogP contribution in [0.25, 0.3) is 0 Å². The number of rotatable bonds is 5. The second-order valence-electron chi connectivity index (χ2n) is 8.59. The third kappa shape index (κ3) is 3.75. The molecular formula is C22H30N2O2. The minimum atomic E-state index is -0.434. The molecule has 140 valence electrons. The van der Waals surface area contributed by atoms with E-state index in [1.54, 1.807) is 0 Å². The number of hydrogen-bond acceptors (Lipinski definition) is 4. The SMILES string of the molecule is CC(C)c1nc(C(C)(C)C)c2c(n1)C(C)(CCOc1ccccc1)OC2. The summed E-state index contributed by atoms with van der Waals surface area (Å²) in [6, 6.07) is 9.90. The number of nitrogens with zero attached hydrogens (tertiary/aromatic N) is 2. The average Bonchev–Trinajstić information content (AvgIpc) is 2.91. The standard InChI is InChI=1S/C22H30N2O2/c1-15(2)20-23-18(21(3,4)5)17-14-26-22(6,19(17)24-20)12-13-25-16-10-8-7-9-11-16/h7-11,15H,12-14H2,1-6H3. The summed E-state index contributed by atoms with van der Waals surface area (Å²) in [6.07, 6.45) is 0.757. The van der Waals surface area contributed by atoms with E-state index < -0.39 is 5.60 Å². The van der Waals surface area contributed by atoms with E-state index in [9.17, 15) is 0 Å². The van der Waals surface area contributed by atoms with Crippen LogP contribution in [0.3, 0.4) is 0 Å². The number of ether oxygens (including phenoxy) is 2. The molecule has 1 atom stereocenters. The van der Waals surface area contributed by atoms with Gasteiger partial charge >= 0.3 is 0 Å². The first kappa shape index (κ1) is 18.8. The highest BCUT2D eigenvalue weighted by molar-refractivity contribution is 5.37. The molecule has 26 heavy (non-hydrogen) atoms. The average molecular weight is 354 g/mol. The maximum absolute atomic E-state index is 6.24. The van der Waals surface area contributed by atoms with Gasteiger partial charge in [0.05, 0.1) is 24.6 Å². The van der Waals surface area contributed by atoms with E-state index in [-0.39, 0.29) is 11.3 Å². The third-order valence-corrected chi connectivity index (χ3v) is 4.88. The summed E-state index contributed by atoms with van der Waals surface area (Å²) in [5, 5.41) is 0. The minimum Gasteiger partial charge on any atom is -0.493 e. The molecule has 0 radical (unpaired) electrons. The molecule has 1 aromatic heterocycles. The number of para-hydroxylation sites is 1. The second-order valence-corrected chi connectivity index (χ2v) is 8.59. The van der Waals surface area contributed by atoms with Gasteiger partial charge in [0, 0.05) is 23.3 Å². The van der Waals surface area contributed by atoms with Crippen LogP contribution in [0.15, 0.2) is 30.3 Å². The topological polar surface area (TPSA) is 44.2 Å². The van der Waals surface area contributed by atoms with E-state index >= 15 is 0 Å². The van der Waals surface area contributed by atoms with Gasteiger partial charge in [-0.05, 0) is 19.1 Å². The Balaban J connectivity index is 1.87. The summed E-state index contributed by atoms with van der Waals surface area (Å²) in [6.45, 7) is 14.2. The molecule has 0 spiro atoms. The zero-order valence-electron chi connectivity index (χ0n) is 16.8. The Morgan fingerprint density at radius 1 is 1.15 bits per heavy atom. The monoisotopic (exact) mass is 354 g/mol. The highest BCUT2D eigenvalue weighted by atomic mass is 16.5. The van der Waals surface area contributed by atoms with Crippen molar-refractivity contribution >= 4 is 0 Å². The van der Waals surface area contributed by atoms with Crippen molar-refractivity contribution in [3.05, 3.63) is 53.1 Å². The zero-order chi connectivity index (χ0) is 18.9. The number of aromatic nitrogens is 2. The molecule has 0 saturated heterocycles. The molecule has 0 N–H and O–H groups in total. The first-order valence-electron chi connectivity index (χ1n) is 9.44. The molecule has 2 aromatic rings. The fraction of sp³-hybridized carbons (Fsp3) is 0.545. The van der Waals surface area contributed by atoms with E-state index in [2.05, 4.69) is 41.5 Å². The Hall–Kier alpha value is -1.94. The summed E-state index contributed by atoms with van der Waals surface area (Å²) in [7, 11) is 0. The van der Waals surface area contributed by atoms with Crippen LogP contribution >= 0.6 is 0 Å². The first-order valence-corrected chi connectivity index (χ1v) is 9.44. The van der Waals surface area contributed by atoms with Crippen molar-refractivity contribution in [2.75, 3.05) is 6.61 Å². The van der Waals surface area contributed by atoms with Gasteiger partial charge in [-0.25, -0.2) is 9.97 Å². The molecule has 1 aliphatic rings. The Morgan fingerprint density at radius 3 is 2.46 bits per heavy atom. The Bertz CT molecular complexity index is 766. The predicted octanol–water partition coefficient (Wildman–Crippen LogP) is 5.11. The fourth-order valence-corrected chi connectivity index (χ4v) is 3.32. The highest BCUT2D eigenvalue weighted by Gasteiger charge is 2.41. The van der Waals surface area contributed by atoms with Crippen LogP contribution in [0.4, 0.5) is 0 Å². The quantitative estimate of drug-likeness (QED) is 0.748. The lowest BCUT2D eigenvalue weighted by Gasteiger charge is -2.26. The molecule has 4 nitrogen and oxygen atoms in total. The van der Waals surface area contributed by atoms with Crippen molar-refractivity contribution in [1.29, 1.82) is 0 Å². The van der Waals surface area contributed by atoms with Crippen molar-refractivity contribution in [2.45, 2.75) is 71.5 Å². The molecule has 1 aliphatic heterocycles. The van der Waals surface area contributed by atoms with Gasteiger partial charge in [0.1, 0.15) is 17.2 Å². The summed E-state index contributed by atoms with van der Waals surface area (Å²) < 4.78 is 12.1. The second kappa shape index (κ2) is 6.99. The molecule has 0 amide bonds. The van der Waals surface area contributed by atoms with Crippen LogP contribution in [0.5, 0.6) is 5.75 Å². The van der Waals surface area contributed by atoms with Gasteiger partial charge in [-0.3, -0.25) is 0 Å². The summed E-state index contributed by atoms with van der Waals surface area (Å²) in [5.74, 6) is 2.07. The Labute approximate surface area is 157 Å². The van der Waals surface area contributed by atoms with Gasteiger partial charge in [0.15, 0.2) is 0 Å². The van der Waals surface area contributed by atoms with E-state index in [0.29, 0.717) is 13.2 Å². The summed E-state index contributed by atoms with van der Waals surface area (Å²) in [4.78, 5) is 9.80. The van der Waals surface area contributed by atoms with Gasteiger partial charge in [0.25, 0.3) is 0 Å². The van der Waals surface area contributed by atoms with Gasteiger partial charge < -0.3 is 9.47 Å². The number of benzene rings is 1. The van der Waals surface area contributed by atoms with Crippen LogP contribution in [-0.4, -0.2) is 16.6 Å². The Morgan fingerprint density at radius 2 is 1.85 bits per heavy atom. The molecular weight excluding hydrogens is 324 g/mol. The van der Waals surface area contributed by atoms with E-state index in [4.69, 9.17) is 19.4 Å². The summed E-state index contributed by atoms with van der Waals surface area (Å²) in [5.41, 5.74) is 2.84. The number of hydrogen-bond donors (Lipinski definition) is 0. The molecule has 4 heteroatoms. The van der Waals surface area contributed by atoms with Gasteiger partial charge in [-0.2, -0.15) is 0 Å². The molecule has 0 bridgehead atoms. The molecule has 1 aromatic carbocycles. The maximum atomic E-state index is 6.24. The maximum Gasteiger partial charge on any atom is 0.131 e. The van der Waals surface area contributed by atoms with E-state index in [1.165, 1.54) is 0 Å². The third-order valence-electron chi connectivity index (χ3n) is 4.88. The van der Waals surface area contributed by atoms with Crippen LogP contribution in [0.2, 0.25) is 0 Å². The Kier molecular flexibility index (Phi) is 5.07. The normalized spacial score (nSPS) is 19.7. The van der Waals surface area contributed by atoms with Gasteiger partial charge in [-0.15, -0.1) is 0 Å². The first-order chi connectivity index (χ1) is 12.2. The lowest BCUT2D eigenvalue weighted by atomic mass is 9.85. The van der Waals surface area contributed by atoms with Gasteiger partial charge in [0.2, 0.25) is 0 Å². The molecule has 0 fully saturated rings. The predicted molar refractivity (Wildman–Crippen MR) is 104 cm³/mol. The molecule has 1 unspecified atom stereocenters. The van der Waals surface area contributed by atoms with Crippen molar-refractivity contribution in [1.82, 2.24) is 9.97 Å². The van der Waals surface area contributed by atoms with E-state index in [0.717, 1.165) is 34.9 Å². The fourth-order valence-electron chi connectivity index (χ4n) is 3.32.